The number of ether oxygens (including phenoxy) is 2. The third-order valence-electron chi connectivity index (χ3n) is 6.19. The van der Waals surface area contributed by atoms with Crippen LogP contribution in [0.3, 0.4) is 0 Å². The highest BCUT2D eigenvalue weighted by Crippen LogP contribution is 2.37. The molecule has 0 radical (unpaired) electrons. The van der Waals surface area contributed by atoms with Crippen LogP contribution >= 0.6 is 0 Å². The minimum atomic E-state index is -0.487. The van der Waals surface area contributed by atoms with E-state index in [0.29, 0.717) is 19.0 Å². The number of para-hydroxylation sites is 1. The second-order valence-corrected chi connectivity index (χ2v) is 7.89. The Hall–Kier alpha value is -2.94. The van der Waals surface area contributed by atoms with Gasteiger partial charge in [-0.25, -0.2) is 4.79 Å². The van der Waals surface area contributed by atoms with Gasteiger partial charge < -0.3 is 14.8 Å². The Morgan fingerprint density at radius 2 is 2.10 bits per heavy atom. The van der Waals surface area contributed by atoms with E-state index < -0.39 is 5.97 Å². The summed E-state index contributed by atoms with van der Waals surface area (Å²) in [5.41, 5.74) is 1.18. The maximum absolute atomic E-state index is 12.9. The third-order valence-corrected chi connectivity index (χ3v) is 6.19. The summed E-state index contributed by atoms with van der Waals surface area (Å²) in [6.45, 7) is 2.83. The standard InChI is InChI=1S/C21H27N5O4/c1-29-19-6-4-3-5-15(19)10-22-20(27)17-12-25-8-7-14(17)9-16(25)11-26-13-18(23-24-26)21(28)30-2/h3-6,13-14,16-17H,7-12H2,1-2H3,(H,22,27)/t14-,16+,17+/m0/s1. The van der Waals surface area contributed by atoms with Crippen LogP contribution in [0.15, 0.2) is 30.5 Å². The number of nitrogens with one attached hydrogen (secondary N) is 1. The van der Waals surface area contributed by atoms with Crippen LogP contribution in [0.2, 0.25) is 0 Å². The second kappa shape index (κ2) is 8.83. The Morgan fingerprint density at radius 3 is 2.83 bits per heavy atom. The predicted molar refractivity (Wildman–Crippen MR) is 108 cm³/mol. The first-order valence-corrected chi connectivity index (χ1v) is 10.2. The van der Waals surface area contributed by atoms with Crippen LogP contribution in [-0.4, -0.2) is 65.1 Å². The molecule has 3 aliphatic rings. The van der Waals surface area contributed by atoms with E-state index in [-0.39, 0.29) is 23.6 Å². The largest absolute Gasteiger partial charge is 0.496 e. The third kappa shape index (κ3) is 4.16. The molecule has 1 aromatic heterocycles. The number of nitrogens with zero attached hydrogens (tertiary/aromatic N) is 4. The highest BCUT2D eigenvalue weighted by Gasteiger charge is 2.43. The number of fused-ring (bicyclic) bond motifs is 3. The van der Waals surface area contributed by atoms with E-state index >= 15 is 0 Å². The summed E-state index contributed by atoms with van der Waals surface area (Å²) in [6.07, 6.45) is 3.57. The molecule has 0 aliphatic carbocycles. The van der Waals surface area contributed by atoms with E-state index in [1.165, 1.54) is 7.11 Å². The van der Waals surface area contributed by atoms with Crippen molar-refractivity contribution in [1.29, 1.82) is 0 Å². The van der Waals surface area contributed by atoms with Gasteiger partial charge in [-0.15, -0.1) is 5.10 Å². The average molecular weight is 413 g/mol. The molecule has 0 saturated carbocycles. The number of carbonyl (C=O) groups is 2. The van der Waals surface area contributed by atoms with Crippen molar-refractivity contribution in [2.75, 3.05) is 27.3 Å². The van der Waals surface area contributed by atoms with Crippen LogP contribution in [0.1, 0.15) is 28.9 Å². The molecular weight excluding hydrogens is 386 g/mol. The fourth-order valence-electron chi connectivity index (χ4n) is 4.59. The molecule has 3 aliphatic heterocycles. The molecule has 0 spiro atoms. The van der Waals surface area contributed by atoms with Gasteiger partial charge in [-0.05, 0) is 31.4 Å². The summed E-state index contributed by atoms with van der Waals surface area (Å²) in [7, 11) is 2.96. The summed E-state index contributed by atoms with van der Waals surface area (Å²) >= 11 is 0. The SMILES string of the molecule is COC(=O)c1cn(C[C@H]2C[C@@H]3CCN2C[C@H]3C(=O)NCc2ccccc2OC)nn1. The van der Waals surface area contributed by atoms with E-state index in [4.69, 9.17) is 4.74 Å². The Morgan fingerprint density at radius 1 is 1.27 bits per heavy atom. The molecule has 30 heavy (non-hydrogen) atoms. The van der Waals surface area contributed by atoms with Crippen LogP contribution in [0.4, 0.5) is 0 Å². The monoisotopic (exact) mass is 413 g/mol. The van der Waals surface area contributed by atoms with Crippen molar-refractivity contribution in [3.05, 3.63) is 41.7 Å². The average Bonchev–Trinajstić information content (AvgIpc) is 3.26. The molecule has 4 atom stereocenters. The number of esters is 1. The van der Waals surface area contributed by atoms with Gasteiger partial charge in [-0.3, -0.25) is 14.4 Å². The Kier molecular flexibility index (Phi) is 5.98. The highest BCUT2D eigenvalue weighted by atomic mass is 16.5. The van der Waals surface area contributed by atoms with E-state index in [1.54, 1.807) is 18.0 Å². The lowest BCUT2D eigenvalue weighted by molar-refractivity contribution is -0.133. The van der Waals surface area contributed by atoms with Crippen molar-refractivity contribution in [2.24, 2.45) is 11.8 Å². The molecule has 160 valence electrons. The quantitative estimate of drug-likeness (QED) is 0.679. The molecule has 9 nitrogen and oxygen atoms in total. The van der Waals surface area contributed by atoms with Crippen LogP contribution in [0.5, 0.6) is 5.75 Å². The van der Waals surface area contributed by atoms with Crippen LogP contribution in [-0.2, 0) is 22.6 Å². The predicted octanol–water partition coefficient (Wildman–Crippen LogP) is 1.10. The summed E-state index contributed by atoms with van der Waals surface area (Å²) in [6, 6.07) is 8.01. The smallest absolute Gasteiger partial charge is 0.360 e. The summed E-state index contributed by atoms with van der Waals surface area (Å²) in [4.78, 5) is 26.8. The number of amides is 1. The van der Waals surface area contributed by atoms with Crippen LogP contribution in [0, 0.1) is 11.8 Å². The second-order valence-electron chi connectivity index (χ2n) is 7.89. The highest BCUT2D eigenvalue weighted by molar-refractivity contribution is 5.86. The molecule has 1 amide bonds. The van der Waals surface area contributed by atoms with E-state index in [9.17, 15) is 9.59 Å². The van der Waals surface area contributed by atoms with Crippen molar-refractivity contribution in [3.63, 3.8) is 0 Å². The van der Waals surface area contributed by atoms with Crippen LogP contribution in [0.25, 0.3) is 0 Å². The van der Waals surface area contributed by atoms with E-state index in [0.717, 1.165) is 37.2 Å². The Balaban J connectivity index is 1.34. The first-order chi connectivity index (χ1) is 14.6. The molecule has 3 fully saturated rings. The number of carbonyl (C=O) groups excluding carboxylic acids is 2. The number of hydrogen-bond donors (Lipinski definition) is 1. The molecule has 4 heterocycles. The number of methoxy groups -OCH3 is 2. The Labute approximate surface area is 175 Å². The van der Waals surface area contributed by atoms with Crippen molar-refractivity contribution in [1.82, 2.24) is 25.2 Å². The lowest BCUT2D eigenvalue weighted by Gasteiger charge is -2.49. The molecular formula is C21H27N5O4. The molecule has 1 unspecified atom stereocenters. The molecule has 1 N–H and O–H groups in total. The fraction of sp³-hybridized carbons (Fsp3) is 0.524. The van der Waals surface area contributed by atoms with Crippen molar-refractivity contribution in [2.45, 2.75) is 32.0 Å². The number of hydrogen-bond acceptors (Lipinski definition) is 7. The maximum atomic E-state index is 12.9. The molecule has 5 rings (SSSR count). The van der Waals surface area contributed by atoms with Crippen molar-refractivity contribution in [3.8, 4) is 5.75 Å². The summed E-state index contributed by atoms with van der Waals surface area (Å²) < 4.78 is 11.7. The summed E-state index contributed by atoms with van der Waals surface area (Å²) in [5.74, 6) is 0.736. The molecule has 9 heteroatoms. The van der Waals surface area contributed by atoms with Gasteiger partial charge in [-0.2, -0.15) is 0 Å². The molecule has 3 saturated heterocycles. The van der Waals surface area contributed by atoms with Gasteiger partial charge in [0.2, 0.25) is 5.91 Å². The first-order valence-electron chi connectivity index (χ1n) is 10.2. The minimum absolute atomic E-state index is 0.00826. The normalized spacial score (nSPS) is 25.0. The van der Waals surface area contributed by atoms with Crippen molar-refractivity contribution >= 4 is 11.9 Å². The zero-order valence-corrected chi connectivity index (χ0v) is 17.3. The minimum Gasteiger partial charge on any atom is -0.496 e. The van der Waals surface area contributed by atoms with Crippen molar-refractivity contribution < 1.29 is 19.1 Å². The van der Waals surface area contributed by atoms with Gasteiger partial charge in [0.25, 0.3) is 0 Å². The van der Waals surface area contributed by atoms with E-state index in [1.807, 2.05) is 24.3 Å². The molecule has 2 bridgehead atoms. The van der Waals surface area contributed by atoms with E-state index in [2.05, 4.69) is 25.3 Å². The number of aromatic nitrogens is 3. The lowest BCUT2D eigenvalue weighted by atomic mass is 9.75. The number of piperidine rings is 3. The zero-order chi connectivity index (χ0) is 21.1. The maximum Gasteiger partial charge on any atom is 0.360 e. The topological polar surface area (TPSA) is 98.6 Å². The molecule has 1 aromatic carbocycles. The fourth-order valence-corrected chi connectivity index (χ4v) is 4.59. The first kappa shape index (κ1) is 20.3. The van der Waals surface area contributed by atoms with Crippen LogP contribution < -0.4 is 10.1 Å². The van der Waals surface area contributed by atoms with Gasteiger partial charge in [0, 0.05) is 24.7 Å². The van der Waals surface area contributed by atoms with Gasteiger partial charge in [-0.1, -0.05) is 23.4 Å². The number of benzene rings is 1. The van der Waals surface area contributed by atoms with Gasteiger partial charge in [0.05, 0.1) is 32.9 Å². The van der Waals surface area contributed by atoms with Gasteiger partial charge in [0.1, 0.15) is 5.75 Å². The lowest BCUT2D eigenvalue weighted by Crippen LogP contribution is -2.58. The van der Waals surface area contributed by atoms with Gasteiger partial charge >= 0.3 is 5.97 Å². The Bertz CT molecular complexity index is 914. The molecule has 2 aromatic rings. The zero-order valence-electron chi connectivity index (χ0n) is 17.3. The van der Waals surface area contributed by atoms with Gasteiger partial charge in [0.15, 0.2) is 5.69 Å². The number of rotatable bonds is 7. The summed E-state index contributed by atoms with van der Waals surface area (Å²) in [5, 5.41) is 11.0.